The van der Waals surface area contributed by atoms with E-state index in [1.807, 2.05) is 12.1 Å². The summed E-state index contributed by atoms with van der Waals surface area (Å²) in [6, 6.07) is 4.02. The van der Waals surface area contributed by atoms with Gasteiger partial charge in [-0.15, -0.1) is 0 Å². The molecule has 0 saturated heterocycles. The first-order chi connectivity index (χ1) is 9.24. The third-order valence-corrected chi connectivity index (χ3v) is 3.81. The molecule has 0 saturated carbocycles. The molecule has 1 heterocycles. The van der Waals surface area contributed by atoms with Gasteiger partial charge in [-0.2, -0.15) is 0 Å². The predicted octanol–water partition coefficient (Wildman–Crippen LogP) is 1.92. The quantitative estimate of drug-likeness (QED) is 0.881. The van der Waals surface area contributed by atoms with Crippen LogP contribution in [0.2, 0.25) is 0 Å². The summed E-state index contributed by atoms with van der Waals surface area (Å²) in [7, 11) is 3.28. The number of allylic oxidation sites excluding steroid dienone is 2. The van der Waals surface area contributed by atoms with E-state index in [1.54, 1.807) is 14.2 Å². The highest BCUT2D eigenvalue weighted by Gasteiger charge is 2.28. The van der Waals surface area contributed by atoms with Gasteiger partial charge in [0.15, 0.2) is 17.3 Å². The minimum absolute atomic E-state index is 0.220. The van der Waals surface area contributed by atoms with E-state index in [0.717, 1.165) is 42.0 Å². The lowest BCUT2D eigenvalue weighted by Gasteiger charge is -2.14. The number of hydrogen-bond donors (Lipinski definition) is 1. The molecule has 1 aromatic rings. The average molecular weight is 259 g/mol. The van der Waals surface area contributed by atoms with Gasteiger partial charge in [0.05, 0.1) is 19.9 Å². The second-order valence-electron chi connectivity index (χ2n) is 4.82. The summed E-state index contributed by atoms with van der Waals surface area (Å²) < 4.78 is 10.7. The molecule has 1 aliphatic heterocycles. The van der Waals surface area contributed by atoms with Crippen LogP contribution in [0.25, 0.3) is 5.57 Å². The first-order valence-electron chi connectivity index (χ1n) is 6.50. The number of benzene rings is 1. The molecule has 3 rings (SSSR count). The number of ketones is 1. The molecule has 0 bridgehead atoms. The van der Waals surface area contributed by atoms with E-state index in [-0.39, 0.29) is 5.78 Å². The van der Waals surface area contributed by atoms with Gasteiger partial charge in [-0.1, -0.05) is 0 Å². The Hall–Kier alpha value is -1.97. The van der Waals surface area contributed by atoms with Crippen molar-refractivity contribution in [1.82, 2.24) is 5.32 Å². The van der Waals surface area contributed by atoms with E-state index in [9.17, 15) is 4.79 Å². The van der Waals surface area contributed by atoms with Crippen molar-refractivity contribution in [1.29, 1.82) is 0 Å². The molecule has 0 radical (unpaired) electrons. The molecular weight excluding hydrogens is 242 g/mol. The van der Waals surface area contributed by atoms with Crippen LogP contribution in [0.4, 0.5) is 0 Å². The van der Waals surface area contributed by atoms with Crippen molar-refractivity contribution in [2.45, 2.75) is 19.3 Å². The molecule has 0 spiro atoms. The molecule has 0 unspecified atom stereocenters. The first kappa shape index (κ1) is 12.1. The predicted molar refractivity (Wildman–Crippen MR) is 72.4 cm³/mol. The molecule has 4 nitrogen and oxygen atoms in total. The van der Waals surface area contributed by atoms with Gasteiger partial charge in [0.25, 0.3) is 0 Å². The van der Waals surface area contributed by atoms with Crippen LogP contribution in [0.15, 0.2) is 17.8 Å². The number of nitrogens with one attached hydrogen (secondary N) is 1. The van der Waals surface area contributed by atoms with Crippen LogP contribution in [0.3, 0.4) is 0 Å². The highest BCUT2D eigenvalue weighted by Crippen LogP contribution is 2.39. The molecule has 19 heavy (non-hydrogen) atoms. The lowest BCUT2D eigenvalue weighted by Crippen LogP contribution is -2.19. The van der Waals surface area contributed by atoms with Crippen molar-refractivity contribution < 1.29 is 14.3 Å². The summed E-state index contributed by atoms with van der Waals surface area (Å²) in [4.78, 5) is 11.9. The first-order valence-corrected chi connectivity index (χ1v) is 6.50. The second kappa shape index (κ2) is 4.61. The van der Waals surface area contributed by atoms with Gasteiger partial charge in [0, 0.05) is 13.0 Å². The van der Waals surface area contributed by atoms with Crippen LogP contribution in [0.1, 0.15) is 24.0 Å². The van der Waals surface area contributed by atoms with Gasteiger partial charge in [0.1, 0.15) is 0 Å². The number of rotatable bonds is 2. The summed E-state index contributed by atoms with van der Waals surface area (Å²) in [6.45, 7) is 0.785. The Labute approximate surface area is 112 Å². The van der Waals surface area contributed by atoms with Gasteiger partial charge < -0.3 is 14.8 Å². The maximum Gasteiger partial charge on any atom is 0.179 e. The van der Waals surface area contributed by atoms with Crippen LogP contribution in [-0.2, 0) is 11.2 Å². The van der Waals surface area contributed by atoms with E-state index in [2.05, 4.69) is 5.32 Å². The molecule has 1 N–H and O–H groups in total. The van der Waals surface area contributed by atoms with Crippen LogP contribution < -0.4 is 14.8 Å². The monoisotopic (exact) mass is 259 g/mol. The Morgan fingerprint density at radius 1 is 1.05 bits per heavy atom. The normalized spacial score (nSPS) is 17.5. The molecule has 0 aromatic heterocycles. The Kier molecular flexibility index (Phi) is 2.93. The topological polar surface area (TPSA) is 47.6 Å². The van der Waals surface area contributed by atoms with Crippen LogP contribution >= 0.6 is 0 Å². The minimum atomic E-state index is 0.220. The van der Waals surface area contributed by atoms with Gasteiger partial charge >= 0.3 is 0 Å². The maximum atomic E-state index is 11.9. The highest BCUT2D eigenvalue weighted by molar-refractivity contribution is 6.07. The number of carbonyl (C=O) groups is 1. The summed E-state index contributed by atoms with van der Waals surface area (Å²) in [5, 5.41) is 3.26. The Morgan fingerprint density at radius 2 is 1.79 bits per heavy atom. The van der Waals surface area contributed by atoms with Crippen LogP contribution in [-0.4, -0.2) is 26.5 Å². The molecule has 100 valence electrons. The summed E-state index contributed by atoms with van der Waals surface area (Å²) in [5.74, 6) is 1.68. The zero-order chi connectivity index (χ0) is 13.4. The standard InChI is InChI=1S/C15H17NO3/c1-18-13-7-9-5-6-16-15-10(3-4-12(15)17)11(9)8-14(13)19-2/h7-8,16H,3-6H2,1-2H3. The molecular formula is C15H17NO3. The zero-order valence-electron chi connectivity index (χ0n) is 11.2. The van der Waals surface area contributed by atoms with Gasteiger partial charge in [-0.05, 0) is 41.7 Å². The van der Waals surface area contributed by atoms with Crippen molar-refractivity contribution in [3.05, 3.63) is 29.0 Å². The third kappa shape index (κ3) is 1.87. The van der Waals surface area contributed by atoms with Gasteiger partial charge in [0.2, 0.25) is 0 Å². The zero-order valence-corrected chi connectivity index (χ0v) is 11.2. The van der Waals surface area contributed by atoms with E-state index in [0.29, 0.717) is 12.2 Å². The van der Waals surface area contributed by atoms with Gasteiger partial charge in [-0.3, -0.25) is 4.79 Å². The lowest BCUT2D eigenvalue weighted by molar-refractivity contribution is -0.115. The fourth-order valence-corrected chi connectivity index (χ4v) is 2.86. The Bertz CT molecular complexity index is 575. The van der Waals surface area contributed by atoms with Crippen molar-refractivity contribution in [2.75, 3.05) is 20.8 Å². The number of methoxy groups -OCH3 is 2. The number of carbonyl (C=O) groups excluding carboxylic acids is 1. The number of hydrogen-bond acceptors (Lipinski definition) is 4. The smallest absolute Gasteiger partial charge is 0.179 e. The fraction of sp³-hybridized carbons (Fsp3) is 0.400. The minimum Gasteiger partial charge on any atom is -0.493 e. The van der Waals surface area contributed by atoms with Crippen molar-refractivity contribution >= 4 is 11.4 Å². The summed E-state index contributed by atoms with van der Waals surface area (Å²) >= 11 is 0. The van der Waals surface area contributed by atoms with E-state index >= 15 is 0 Å². The Morgan fingerprint density at radius 3 is 2.53 bits per heavy atom. The van der Waals surface area contributed by atoms with Gasteiger partial charge in [-0.25, -0.2) is 0 Å². The fourth-order valence-electron chi connectivity index (χ4n) is 2.86. The number of fused-ring (bicyclic) bond motifs is 2. The SMILES string of the molecule is COc1cc2c(cc1OC)C1=C(NCC2)C(=O)CC1. The van der Waals surface area contributed by atoms with Crippen molar-refractivity contribution in [3.8, 4) is 11.5 Å². The molecule has 0 amide bonds. The Balaban J connectivity index is 2.18. The van der Waals surface area contributed by atoms with Crippen molar-refractivity contribution in [3.63, 3.8) is 0 Å². The number of ether oxygens (including phenoxy) is 2. The van der Waals surface area contributed by atoms with Crippen molar-refractivity contribution in [2.24, 2.45) is 0 Å². The summed E-state index contributed by atoms with van der Waals surface area (Å²) in [6.07, 6.45) is 2.30. The maximum absolute atomic E-state index is 11.9. The molecule has 4 heteroatoms. The van der Waals surface area contributed by atoms with E-state index in [4.69, 9.17) is 9.47 Å². The molecule has 0 fully saturated rings. The highest BCUT2D eigenvalue weighted by atomic mass is 16.5. The molecule has 1 aromatic carbocycles. The molecule has 2 aliphatic rings. The average Bonchev–Trinajstić information content (AvgIpc) is 2.70. The van der Waals surface area contributed by atoms with Crippen LogP contribution in [0, 0.1) is 0 Å². The largest absolute Gasteiger partial charge is 0.493 e. The number of Topliss-reactive ketones (excluding diaryl/α,β-unsaturated/α-hetero) is 1. The third-order valence-electron chi connectivity index (χ3n) is 3.81. The van der Waals surface area contributed by atoms with E-state index in [1.165, 1.54) is 5.56 Å². The molecule has 1 aliphatic carbocycles. The second-order valence-corrected chi connectivity index (χ2v) is 4.82. The van der Waals surface area contributed by atoms with E-state index < -0.39 is 0 Å². The summed E-state index contributed by atoms with van der Waals surface area (Å²) in [5.41, 5.74) is 4.26. The molecule has 0 atom stereocenters. The van der Waals surface area contributed by atoms with Crippen LogP contribution in [0.5, 0.6) is 11.5 Å². The lowest BCUT2D eigenvalue weighted by atomic mass is 9.96.